The molecule has 7 heteroatoms. The number of hydrogen-bond donors (Lipinski definition) is 2. The van der Waals surface area contributed by atoms with E-state index in [0.29, 0.717) is 5.82 Å². The fourth-order valence-corrected chi connectivity index (χ4v) is 2.98. The normalized spacial score (nSPS) is 20.8. The molecule has 138 valence electrons. The highest BCUT2D eigenvalue weighted by Gasteiger charge is 2.26. The summed E-state index contributed by atoms with van der Waals surface area (Å²) in [5.74, 6) is 1.77. The molecule has 1 aliphatic carbocycles. The minimum atomic E-state index is -0.267. The van der Waals surface area contributed by atoms with Gasteiger partial charge in [-0.05, 0) is 43.7 Å². The zero-order chi connectivity index (χ0) is 17.5. The third-order valence-electron chi connectivity index (χ3n) is 4.60. The van der Waals surface area contributed by atoms with Gasteiger partial charge in [-0.15, -0.1) is 0 Å². The van der Waals surface area contributed by atoms with Crippen molar-refractivity contribution in [1.29, 1.82) is 0 Å². The minimum Gasteiger partial charge on any atom is -0.381 e. The lowest BCUT2D eigenvalue weighted by Crippen LogP contribution is -2.45. The summed E-state index contributed by atoms with van der Waals surface area (Å²) in [6, 6.07) is 3.30. The highest BCUT2D eigenvalue weighted by atomic mass is 19.1. The molecule has 25 heavy (non-hydrogen) atoms. The molecule has 2 heterocycles. The van der Waals surface area contributed by atoms with Crippen molar-refractivity contribution in [1.82, 2.24) is 15.6 Å². The van der Waals surface area contributed by atoms with Gasteiger partial charge in [0.05, 0.1) is 0 Å². The van der Waals surface area contributed by atoms with Gasteiger partial charge >= 0.3 is 0 Å². The van der Waals surface area contributed by atoms with E-state index in [1.165, 1.54) is 18.9 Å². The molecule has 2 aliphatic rings. The van der Waals surface area contributed by atoms with E-state index in [2.05, 4.69) is 20.6 Å². The summed E-state index contributed by atoms with van der Waals surface area (Å²) >= 11 is 0. The number of ether oxygens (including phenoxy) is 1. The van der Waals surface area contributed by atoms with Crippen molar-refractivity contribution < 1.29 is 9.13 Å². The molecule has 1 saturated carbocycles. The van der Waals surface area contributed by atoms with Gasteiger partial charge in [-0.3, -0.25) is 4.99 Å². The molecule has 1 aromatic heterocycles. The molecule has 1 aliphatic heterocycles. The number of aliphatic imine (C=N–C) groups is 1. The number of hydrogen-bond acceptors (Lipinski definition) is 4. The van der Waals surface area contributed by atoms with Crippen LogP contribution in [0.1, 0.15) is 25.7 Å². The predicted molar refractivity (Wildman–Crippen MR) is 97.5 cm³/mol. The lowest BCUT2D eigenvalue weighted by molar-refractivity contribution is 0.123. The van der Waals surface area contributed by atoms with E-state index in [4.69, 9.17) is 4.74 Å². The van der Waals surface area contributed by atoms with Crippen molar-refractivity contribution in [2.75, 3.05) is 44.8 Å². The van der Waals surface area contributed by atoms with Gasteiger partial charge in [0.1, 0.15) is 0 Å². The molecule has 1 unspecified atom stereocenters. The van der Waals surface area contributed by atoms with Gasteiger partial charge in [-0.25, -0.2) is 9.37 Å². The standard InChI is InChI=1S/C18H28FN5O/c1-20-18(22-9-3-11-25-13-14-5-6-14)23-15-7-10-24(12-15)17-16(19)4-2-8-21-17/h2,4,8,14-15H,3,5-7,9-13H2,1H3,(H2,20,22,23). The van der Waals surface area contributed by atoms with Gasteiger partial charge in [-0.1, -0.05) is 0 Å². The maximum absolute atomic E-state index is 13.8. The Labute approximate surface area is 148 Å². The van der Waals surface area contributed by atoms with E-state index in [1.807, 2.05) is 4.90 Å². The van der Waals surface area contributed by atoms with Gasteiger partial charge in [0.2, 0.25) is 0 Å². The molecule has 0 bridgehead atoms. The van der Waals surface area contributed by atoms with Crippen molar-refractivity contribution in [3.05, 3.63) is 24.1 Å². The zero-order valence-electron chi connectivity index (χ0n) is 14.9. The number of guanidine groups is 1. The Bertz CT molecular complexity index is 578. The third kappa shape index (κ3) is 5.56. The number of nitrogens with one attached hydrogen (secondary N) is 2. The van der Waals surface area contributed by atoms with Crippen LogP contribution in [0.4, 0.5) is 10.2 Å². The van der Waals surface area contributed by atoms with Crippen LogP contribution in [-0.2, 0) is 4.74 Å². The van der Waals surface area contributed by atoms with Crippen LogP contribution in [-0.4, -0.2) is 56.9 Å². The number of anilines is 1. The van der Waals surface area contributed by atoms with Crippen molar-refractivity contribution >= 4 is 11.8 Å². The summed E-state index contributed by atoms with van der Waals surface area (Å²) in [5.41, 5.74) is 0. The molecule has 1 saturated heterocycles. The first-order valence-electron chi connectivity index (χ1n) is 9.16. The van der Waals surface area contributed by atoms with Gasteiger partial charge in [0.25, 0.3) is 0 Å². The van der Waals surface area contributed by atoms with Crippen LogP contribution in [0.3, 0.4) is 0 Å². The molecule has 1 aromatic rings. The van der Waals surface area contributed by atoms with E-state index in [0.717, 1.165) is 57.6 Å². The molecule has 0 aromatic carbocycles. The lowest BCUT2D eigenvalue weighted by atomic mass is 10.3. The van der Waals surface area contributed by atoms with Crippen molar-refractivity contribution in [3.8, 4) is 0 Å². The van der Waals surface area contributed by atoms with Crippen LogP contribution in [0.5, 0.6) is 0 Å². The first kappa shape index (κ1) is 17.9. The zero-order valence-corrected chi connectivity index (χ0v) is 14.9. The topological polar surface area (TPSA) is 61.8 Å². The van der Waals surface area contributed by atoms with Crippen LogP contribution in [0, 0.1) is 11.7 Å². The molecule has 1 atom stereocenters. The summed E-state index contributed by atoms with van der Waals surface area (Å²) in [5, 5.41) is 6.73. The fraction of sp³-hybridized carbons (Fsp3) is 0.667. The van der Waals surface area contributed by atoms with Crippen LogP contribution in [0.15, 0.2) is 23.3 Å². The number of nitrogens with zero attached hydrogens (tertiary/aromatic N) is 3. The summed E-state index contributed by atoms with van der Waals surface area (Å²) in [7, 11) is 1.77. The number of rotatable bonds is 8. The Morgan fingerprint density at radius 1 is 1.44 bits per heavy atom. The van der Waals surface area contributed by atoms with Crippen LogP contribution < -0.4 is 15.5 Å². The summed E-state index contributed by atoms with van der Waals surface area (Å²) in [4.78, 5) is 10.4. The quantitative estimate of drug-likeness (QED) is 0.426. The highest BCUT2D eigenvalue weighted by Crippen LogP contribution is 2.28. The summed E-state index contributed by atoms with van der Waals surface area (Å²) in [6.45, 7) is 4.04. The van der Waals surface area contributed by atoms with Crippen molar-refractivity contribution in [2.24, 2.45) is 10.9 Å². The monoisotopic (exact) mass is 349 g/mol. The average Bonchev–Trinajstić information content (AvgIpc) is 3.34. The smallest absolute Gasteiger partial charge is 0.191 e. The predicted octanol–water partition coefficient (Wildman–Crippen LogP) is 1.78. The van der Waals surface area contributed by atoms with Gasteiger partial charge in [0, 0.05) is 52.1 Å². The third-order valence-corrected chi connectivity index (χ3v) is 4.60. The Kier molecular flexibility index (Phi) is 6.44. The molecular weight excluding hydrogens is 321 g/mol. The van der Waals surface area contributed by atoms with E-state index in [9.17, 15) is 4.39 Å². The second-order valence-electron chi connectivity index (χ2n) is 6.76. The molecular formula is C18H28FN5O. The molecule has 6 nitrogen and oxygen atoms in total. The second-order valence-corrected chi connectivity index (χ2v) is 6.76. The Morgan fingerprint density at radius 2 is 2.32 bits per heavy atom. The first-order chi connectivity index (χ1) is 12.3. The van der Waals surface area contributed by atoms with Gasteiger partial charge in [0.15, 0.2) is 17.6 Å². The van der Waals surface area contributed by atoms with Crippen LogP contribution in [0.2, 0.25) is 0 Å². The minimum absolute atomic E-state index is 0.235. The summed E-state index contributed by atoms with van der Waals surface area (Å²) in [6.07, 6.45) is 6.18. The molecule has 0 radical (unpaired) electrons. The van der Waals surface area contributed by atoms with E-state index in [1.54, 1.807) is 19.3 Å². The molecule has 3 rings (SSSR count). The molecule has 0 amide bonds. The van der Waals surface area contributed by atoms with Crippen molar-refractivity contribution in [3.63, 3.8) is 0 Å². The molecule has 2 fully saturated rings. The fourth-order valence-electron chi connectivity index (χ4n) is 2.98. The maximum Gasteiger partial charge on any atom is 0.191 e. The molecule has 2 N–H and O–H groups in total. The first-order valence-corrected chi connectivity index (χ1v) is 9.16. The number of halogens is 1. The van der Waals surface area contributed by atoms with Gasteiger partial charge < -0.3 is 20.3 Å². The lowest BCUT2D eigenvalue weighted by Gasteiger charge is -2.20. The summed E-state index contributed by atoms with van der Waals surface area (Å²) < 4.78 is 19.5. The average molecular weight is 349 g/mol. The molecule has 0 spiro atoms. The largest absolute Gasteiger partial charge is 0.381 e. The number of aromatic nitrogens is 1. The Balaban J connectivity index is 1.35. The van der Waals surface area contributed by atoms with Crippen LogP contribution in [0.25, 0.3) is 0 Å². The second kappa shape index (κ2) is 8.99. The Hall–Kier alpha value is -1.89. The Morgan fingerprint density at radius 3 is 3.08 bits per heavy atom. The van der Waals surface area contributed by atoms with E-state index >= 15 is 0 Å². The van der Waals surface area contributed by atoms with Crippen molar-refractivity contribution in [2.45, 2.75) is 31.7 Å². The maximum atomic E-state index is 13.8. The number of pyridine rings is 1. The van der Waals surface area contributed by atoms with Crippen LogP contribution >= 0.6 is 0 Å². The SMILES string of the molecule is CN=C(NCCCOCC1CC1)NC1CCN(c2ncccc2F)C1. The van der Waals surface area contributed by atoms with E-state index in [-0.39, 0.29) is 11.9 Å². The van der Waals surface area contributed by atoms with Gasteiger partial charge in [-0.2, -0.15) is 0 Å². The highest BCUT2D eigenvalue weighted by molar-refractivity contribution is 5.80. The van der Waals surface area contributed by atoms with E-state index < -0.39 is 0 Å².